The van der Waals surface area contributed by atoms with Gasteiger partial charge < -0.3 is 29.9 Å². The van der Waals surface area contributed by atoms with Crippen molar-refractivity contribution in [2.75, 3.05) is 6.61 Å². The first-order chi connectivity index (χ1) is 13.0. The van der Waals surface area contributed by atoms with Crippen molar-refractivity contribution < 1.29 is 34.7 Å². The lowest BCUT2D eigenvalue weighted by Gasteiger charge is -2.49. The summed E-state index contributed by atoms with van der Waals surface area (Å²) in [5.74, 6) is 0.338. The van der Waals surface area contributed by atoms with Crippen LogP contribution in [-0.2, 0) is 14.3 Å². The van der Waals surface area contributed by atoms with Gasteiger partial charge in [-0.2, -0.15) is 0 Å². The van der Waals surface area contributed by atoms with Gasteiger partial charge in [0.15, 0.2) is 12.1 Å². The van der Waals surface area contributed by atoms with Crippen LogP contribution in [0.3, 0.4) is 0 Å². The molecule has 1 saturated heterocycles. The number of hydrogen-bond donors (Lipinski definition) is 4. The molecule has 0 unspecified atom stereocenters. The Balaban J connectivity index is 1.76. The topological polar surface area (TPSA) is 116 Å². The molecule has 0 spiro atoms. The molecule has 7 heteroatoms. The monoisotopic (exact) mass is 398 g/mol. The Morgan fingerprint density at radius 1 is 1.18 bits per heavy atom. The second-order valence-electron chi connectivity index (χ2n) is 9.45. The van der Waals surface area contributed by atoms with E-state index in [1.165, 1.54) is 5.57 Å². The van der Waals surface area contributed by atoms with E-state index in [2.05, 4.69) is 6.92 Å². The molecule has 2 aliphatic carbocycles. The van der Waals surface area contributed by atoms with E-state index in [9.17, 15) is 25.2 Å². The summed E-state index contributed by atoms with van der Waals surface area (Å²) in [5, 5.41) is 39.6. The highest BCUT2D eigenvalue weighted by Gasteiger charge is 2.49. The number of aliphatic hydroxyl groups excluding tert-OH is 4. The average Bonchev–Trinajstić information content (AvgIpc) is 2.65. The maximum Gasteiger partial charge on any atom is 0.187 e. The highest BCUT2D eigenvalue weighted by atomic mass is 16.7. The minimum absolute atomic E-state index is 0.0632. The minimum atomic E-state index is -1.46. The van der Waals surface area contributed by atoms with E-state index in [4.69, 9.17) is 9.47 Å². The summed E-state index contributed by atoms with van der Waals surface area (Å²) >= 11 is 0. The zero-order valence-corrected chi connectivity index (χ0v) is 17.2. The van der Waals surface area contributed by atoms with Crippen molar-refractivity contribution in [3.8, 4) is 0 Å². The smallest absolute Gasteiger partial charge is 0.187 e. The van der Waals surface area contributed by atoms with Gasteiger partial charge in [0, 0.05) is 6.42 Å². The fraction of sp³-hybridized carbons (Fsp3) is 0.857. The molecule has 1 aliphatic heterocycles. The van der Waals surface area contributed by atoms with Crippen LogP contribution >= 0.6 is 0 Å². The summed E-state index contributed by atoms with van der Waals surface area (Å²) in [6.45, 7) is 7.51. The molecule has 4 N–H and O–H groups in total. The first-order valence-corrected chi connectivity index (χ1v) is 10.2. The molecule has 0 aromatic rings. The summed E-state index contributed by atoms with van der Waals surface area (Å²) in [7, 11) is 0. The molecule has 7 atom stereocenters. The largest absolute Gasteiger partial charge is 0.394 e. The number of fused-ring (bicyclic) bond motifs is 1. The lowest BCUT2D eigenvalue weighted by Crippen LogP contribution is -2.61. The fourth-order valence-corrected chi connectivity index (χ4v) is 5.02. The SMILES string of the molecule is CC1=C2C[C@@H](C(C)(C)O[C@H]3O[C@@H](CO)[C@H](O)[C@@H](O)[C@@H]3O)CC[C@@]2(C)CCC1=O. The maximum atomic E-state index is 12.2. The lowest BCUT2D eigenvalue weighted by molar-refractivity contribution is -0.329. The Labute approximate surface area is 166 Å². The first-order valence-electron chi connectivity index (χ1n) is 10.2. The van der Waals surface area contributed by atoms with E-state index < -0.39 is 42.9 Å². The fourth-order valence-electron chi connectivity index (χ4n) is 5.02. The second kappa shape index (κ2) is 7.78. The Bertz CT molecular complexity index is 641. The van der Waals surface area contributed by atoms with Gasteiger partial charge in [-0.3, -0.25) is 4.79 Å². The maximum absolute atomic E-state index is 12.2. The number of allylic oxidation sites excluding steroid dienone is 2. The van der Waals surface area contributed by atoms with Crippen LogP contribution in [0.1, 0.15) is 59.8 Å². The number of carbonyl (C=O) groups excluding carboxylic acids is 1. The molecule has 1 heterocycles. The second-order valence-corrected chi connectivity index (χ2v) is 9.45. The molecule has 7 nitrogen and oxygen atoms in total. The number of ether oxygens (including phenoxy) is 2. The van der Waals surface area contributed by atoms with Crippen LogP contribution in [0.25, 0.3) is 0 Å². The van der Waals surface area contributed by atoms with Gasteiger partial charge >= 0.3 is 0 Å². The van der Waals surface area contributed by atoms with E-state index >= 15 is 0 Å². The van der Waals surface area contributed by atoms with Gasteiger partial charge in [-0.25, -0.2) is 0 Å². The van der Waals surface area contributed by atoms with Gasteiger partial charge in [-0.15, -0.1) is 0 Å². The van der Waals surface area contributed by atoms with Gasteiger partial charge in [-0.05, 0) is 63.4 Å². The Kier molecular flexibility index (Phi) is 6.07. The van der Waals surface area contributed by atoms with E-state index in [0.717, 1.165) is 31.3 Å². The van der Waals surface area contributed by atoms with Crippen molar-refractivity contribution in [3.05, 3.63) is 11.1 Å². The molecule has 1 saturated carbocycles. The summed E-state index contributed by atoms with van der Waals surface area (Å²) < 4.78 is 11.6. The lowest BCUT2D eigenvalue weighted by atomic mass is 9.59. The third kappa shape index (κ3) is 3.80. The molecule has 160 valence electrons. The van der Waals surface area contributed by atoms with Gasteiger partial charge in [0.05, 0.1) is 12.2 Å². The average molecular weight is 398 g/mol. The Morgan fingerprint density at radius 3 is 2.50 bits per heavy atom. The van der Waals surface area contributed by atoms with Gasteiger partial charge in [0.1, 0.15) is 24.4 Å². The van der Waals surface area contributed by atoms with Crippen molar-refractivity contribution in [2.45, 2.75) is 96.1 Å². The third-order valence-corrected chi connectivity index (χ3v) is 7.25. The van der Waals surface area contributed by atoms with Crippen molar-refractivity contribution in [2.24, 2.45) is 11.3 Å². The van der Waals surface area contributed by atoms with Crippen LogP contribution in [0.2, 0.25) is 0 Å². The molecule has 0 aromatic heterocycles. The molecule has 2 fully saturated rings. The van der Waals surface area contributed by atoms with Crippen LogP contribution in [0.4, 0.5) is 0 Å². The molecular weight excluding hydrogens is 364 g/mol. The van der Waals surface area contributed by atoms with Crippen molar-refractivity contribution in [3.63, 3.8) is 0 Å². The van der Waals surface area contributed by atoms with Crippen molar-refractivity contribution in [1.29, 1.82) is 0 Å². The molecule has 0 radical (unpaired) electrons. The minimum Gasteiger partial charge on any atom is -0.394 e. The van der Waals surface area contributed by atoms with Crippen LogP contribution < -0.4 is 0 Å². The molecule has 0 bridgehead atoms. The molecular formula is C21H34O7. The van der Waals surface area contributed by atoms with E-state index in [1.54, 1.807) is 0 Å². The summed E-state index contributed by atoms with van der Waals surface area (Å²) in [4.78, 5) is 12.2. The third-order valence-electron chi connectivity index (χ3n) is 7.25. The van der Waals surface area contributed by atoms with Gasteiger partial charge in [0.25, 0.3) is 0 Å². The van der Waals surface area contributed by atoms with Crippen molar-refractivity contribution >= 4 is 5.78 Å². The summed E-state index contributed by atoms with van der Waals surface area (Å²) in [5.41, 5.74) is 1.46. The van der Waals surface area contributed by atoms with Crippen LogP contribution in [0.5, 0.6) is 0 Å². The van der Waals surface area contributed by atoms with Crippen LogP contribution in [0.15, 0.2) is 11.1 Å². The zero-order valence-electron chi connectivity index (χ0n) is 17.2. The van der Waals surface area contributed by atoms with E-state index in [0.29, 0.717) is 6.42 Å². The normalized spacial score (nSPS) is 42.5. The van der Waals surface area contributed by atoms with Gasteiger partial charge in [-0.1, -0.05) is 12.5 Å². The Hall–Kier alpha value is -0.830. The standard InChI is InChI=1S/C21H34O7/c1-11-13-9-12(5-7-21(13,4)8-6-14(11)23)20(2,3)28-19-18(26)17(25)16(24)15(10-22)27-19/h12,15-19,22,24-26H,5-10H2,1-4H3/t12-,15-,16-,17+,18-,19+,21-/m0/s1. The number of hydrogen-bond acceptors (Lipinski definition) is 7. The summed E-state index contributed by atoms with van der Waals surface area (Å²) in [6.07, 6.45) is -2.27. The number of rotatable bonds is 4. The zero-order chi connectivity index (χ0) is 20.9. The summed E-state index contributed by atoms with van der Waals surface area (Å²) in [6, 6.07) is 0. The molecule has 3 aliphatic rings. The predicted molar refractivity (Wildman–Crippen MR) is 101 cm³/mol. The number of carbonyl (C=O) groups is 1. The van der Waals surface area contributed by atoms with E-state index in [-0.39, 0.29) is 17.1 Å². The molecule has 0 aromatic carbocycles. The predicted octanol–water partition coefficient (Wildman–Crippen LogP) is 1.07. The van der Waals surface area contributed by atoms with Crippen LogP contribution in [0, 0.1) is 11.3 Å². The number of Topliss-reactive ketones (excluding diaryl/α,β-unsaturated/α-hetero) is 1. The molecule has 0 amide bonds. The highest BCUT2D eigenvalue weighted by molar-refractivity contribution is 5.96. The number of aliphatic hydroxyl groups is 4. The molecule has 3 rings (SSSR count). The van der Waals surface area contributed by atoms with Crippen molar-refractivity contribution in [1.82, 2.24) is 0 Å². The van der Waals surface area contributed by atoms with E-state index in [1.807, 2.05) is 20.8 Å². The number of ketones is 1. The van der Waals surface area contributed by atoms with Crippen LogP contribution in [-0.4, -0.2) is 69.1 Å². The van der Waals surface area contributed by atoms with Gasteiger partial charge in [0.2, 0.25) is 0 Å². The first kappa shape index (κ1) is 21.9. The molecule has 28 heavy (non-hydrogen) atoms. The highest BCUT2D eigenvalue weighted by Crippen LogP contribution is 2.52. The Morgan fingerprint density at radius 2 is 1.86 bits per heavy atom. The quantitative estimate of drug-likeness (QED) is 0.560.